The number of ether oxygens (including phenoxy) is 2. The Kier molecular flexibility index (Phi) is 3.40. The normalized spacial score (nSPS) is 21.5. The summed E-state index contributed by atoms with van der Waals surface area (Å²) in [5.74, 6) is -0.711. The lowest BCUT2D eigenvalue weighted by molar-refractivity contribution is -0.137. The van der Waals surface area contributed by atoms with Gasteiger partial charge in [-0.3, -0.25) is 4.79 Å². The zero-order valence-electron chi connectivity index (χ0n) is 11.1. The minimum atomic E-state index is -1.08. The molecule has 1 amide bonds. The van der Waals surface area contributed by atoms with Gasteiger partial charge in [-0.1, -0.05) is 6.07 Å². The maximum Gasteiger partial charge on any atom is 0.341 e. The highest BCUT2D eigenvalue weighted by Gasteiger charge is 2.48. The molecule has 0 bridgehead atoms. The average Bonchev–Trinajstić information content (AvgIpc) is 2.60. The molecule has 0 saturated heterocycles. The number of methoxy groups -OCH3 is 2. The van der Waals surface area contributed by atoms with Crippen molar-refractivity contribution in [3.63, 3.8) is 0 Å². The van der Waals surface area contributed by atoms with Crippen molar-refractivity contribution >= 4 is 33.5 Å². The van der Waals surface area contributed by atoms with Gasteiger partial charge in [0.1, 0.15) is 0 Å². The quantitative estimate of drug-likeness (QED) is 0.780. The van der Waals surface area contributed by atoms with Gasteiger partial charge in [0, 0.05) is 24.2 Å². The van der Waals surface area contributed by atoms with Crippen LogP contribution in [0.25, 0.3) is 0 Å². The molecule has 1 atom stereocenters. The first-order valence-electron chi connectivity index (χ1n) is 5.63. The van der Waals surface area contributed by atoms with Gasteiger partial charge in [0.15, 0.2) is 5.60 Å². The molecule has 1 heterocycles. The zero-order valence-corrected chi connectivity index (χ0v) is 12.7. The van der Waals surface area contributed by atoms with Crippen molar-refractivity contribution < 1.29 is 19.1 Å². The van der Waals surface area contributed by atoms with Crippen LogP contribution in [0.2, 0.25) is 0 Å². The third kappa shape index (κ3) is 1.78. The topological polar surface area (TPSA) is 55.8 Å². The summed E-state index contributed by atoms with van der Waals surface area (Å²) in [6, 6.07) is 3.49. The number of carbonyl (C=O) groups excluding carboxylic acids is 2. The van der Waals surface area contributed by atoms with Gasteiger partial charge in [-0.15, -0.1) is 0 Å². The lowest BCUT2D eigenvalue weighted by atomic mass is 9.95. The molecular formula is C13H14BrNO4. The summed E-state index contributed by atoms with van der Waals surface area (Å²) in [5.41, 5.74) is 0.436. The smallest absolute Gasteiger partial charge is 0.341 e. The van der Waals surface area contributed by atoms with E-state index in [-0.39, 0.29) is 5.91 Å². The molecular weight excluding hydrogens is 314 g/mol. The second-order valence-corrected chi connectivity index (χ2v) is 5.27. The maximum atomic E-state index is 12.3. The monoisotopic (exact) mass is 327 g/mol. The number of nitrogens with zero attached hydrogens (tertiary/aromatic N) is 1. The SMILES string of the molecule is COC(=O)c1c(Br)ccc2c1N(C)C(=O)C2(C)OC. The Labute approximate surface area is 119 Å². The Morgan fingerprint density at radius 2 is 2.00 bits per heavy atom. The van der Waals surface area contributed by atoms with E-state index in [9.17, 15) is 9.59 Å². The minimum Gasteiger partial charge on any atom is -0.465 e. The van der Waals surface area contributed by atoms with Crippen LogP contribution >= 0.6 is 15.9 Å². The third-order valence-electron chi connectivity index (χ3n) is 3.49. The van der Waals surface area contributed by atoms with Gasteiger partial charge in [0.25, 0.3) is 5.91 Å². The molecule has 0 saturated carbocycles. The van der Waals surface area contributed by atoms with E-state index in [0.29, 0.717) is 21.3 Å². The van der Waals surface area contributed by atoms with Crippen LogP contribution in [0.4, 0.5) is 5.69 Å². The minimum absolute atomic E-state index is 0.215. The molecule has 1 aromatic carbocycles. The number of amides is 1. The molecule has 1 aromatic rings. The summed E-state index contributed by atoms with van der Waals surface area (Å²) in [4.78, 5) is 25.7. The van der Waals surface area contributed by atoms with Crippen molar-refractivity contribution in [3.8, 4) is 0 Å². The van der Waals surface area contributed by atoms with E-state index in [1.54, 1.807) is 26.1 Å². The number of esters is 1. The van der Waals surface area contributed by atoms with Crippen molar-refractivity contribution in [1.82, 2.24) is 0 Å². The van der Waals surface area contributed by atoms with Gasteiger partial charge in [-0.25, -0.2) is 4.79 Å². The van der Waals surface area contributed by atoms with Crippen LogP contribution in [-0.4, -0.2) is 33.1 Å². The highest BCUT2D eigenvalue weighted by Crippen LogP contribution is 2.45. The van der Waals surface area contributed by atoms with E-state index in [0.717, 1.165) is 0 Å². The molecule has 102 valence electrons. The fraction of sp³-hybridized carbons (Fsp3) is 0.385. The lowest BCUT2D eigenvalue weighted by Crippen LogP contribution is -2.37. The molecule has 0 spiro atoms. The number of carbonyl (C=O) groups is 2. The number of likely N-dealkylation sites (N-methyl/N-ethyl adjacent to an activating group) is 1. The predicted octanol–water partition coefficient (Wildman–Crippen LogP) is 2.07. The molecule has 1 unspecified atom stereocenters. The van der Waals surface area contributed by atoms with Gasteiger partial charge < -0.3 is 14.4 Å². The lowest BCUT2D eigenvalue weighted by Gasteiger charge is -2.20. The predicted molar refractivity (Wildman–Crippen MR) is 73.3 cm³/mol. The number of benzene rings is 1. The van der Waals surface area contributed by atoms with Crippen molar-refractivity contribution in [2.45, 2.75) is 12.5 Å². The van der Waals surface area contributed by atoms with E-state index >= 15 is 0 Å². The van der Waals surface area contributed by atoms with Crippen LogP contribution < -0.4 is 4.90 Å². The Morgan fingerprint density at radius 1 is 1.37 bits per heavy atom. The number of fused-ring (bicyclic) bond motifs is 1. The van der Waals surface area contributed by atoms with Gasteiger partial charge in [-0.05, 0) is 28.9 Å². The summed E-state index contributed by atoms with van der Waals surface area (Å²) >= 11 is 3.32. The van der Waals surface area contributed by atoms with Crippen molar-refractivity contribution in [3.05, 3.63) is 27.7 Å². The molecule has 0 aliphatic carbocycles. The Bertz CT molecular complexity index is 572. The van der Waals surface area contributed by atoms with E-state index in [2.05, 4.69) is 15.9 Å². The maximum absolute atomic E-state index is 12.3. The average molecular weight is 328 g/mol. The number of hydrogen-bond acceptors (Lipinski definition) is 4. The van der Waals surface area contributed by atoms with E-state index in [4.69, 9.17) is 9.47 Å². The third-order valence-corrected chi connectivity index (χ3v) is 4.15. The molecule has 0 fully saturated rings. The first-order valence-corrected chi connectivity index (χ1v) is 6.42. The van der Waals surface area contributed by atoms with Crippen LogP contribution in [0.3, 0.4) is 0 Å². The highest BCUT2D eigenvalue weighted by molar-refractivity contribution is 9.10. The Hall–Kier alpha value is -1.40. The molecule has 0 radical (unpaired) electrons. The standard InChI is InChI=1S/C13H14BrNO4/c1-13(19-4)7-5-6-8(14)9(11(16)18-3)10(7)15(2)12(13)17/h5-6H,1-4H3. The number of halogens is 1. The van der Waals surface area contributed by atoms with Gasteiger partial charge >= 0.3 is 5.97 Å². The van der Waals surface area contributed by atoms with Crippen molar-refractivity contribution in [2.75, 3.05) is 26.2 Å². The Balaban J connectivity index is 2.78. The molecule has 1 aliphatic rings. The van der Waals surface area contributed by atoms with E-state index < -0.39 is 11.6 Å². The van der Waals surface area contributed by atoms with Gasteiger partial charge in [0.05, 0.1) is 18.4 Å². The van der Waals surface area contributed by atoms with E-state index in [1.807, 2.05) is 0 Å². The largest absolute Gasteiger partial charge is 0.465 e. The molecule has 0 N–H and O–H groups in total. The summed E-state index contributed by atoms with van der Waals surface area (Å²) in [7, 11) is 4.39. The summed E-state index contributed by atoms with van der Waals surface area (Å²) < 4.78 is 10.7. The summed E-state index contributed by atoms with van der Waals surface area (Å²) in [6.45, 7) is 1.69. The van der Waals surface area contributed by atoms with Crippen LogP contribution in [0.1, 0.15) is 22.8 Å². The zero-order chi connectivity index (χ0) is 14.4. The first-order chi connectivity index (χ1) is 8.88. The second-order valence-electron chi connectivity index (χ2n) is 4.41. The van der Waals surface area contributed by atoms with Gasteiger partial charge in [-0.2, -0.15) is 0 Å². The number of hydrogen-bond donors (Lipinski definition) is 0. The first kappa shape index (κ1) is 14.0. The molecule has 5 nitrogen and oxygen atoms in total. The molecule has 0 aromatic heterocycles. The fourth-order valence-electron chi connectivity index (χ4n) is 2.33. The second kappa shape index (κ2) is 4.61. The van der Waals surface area contributed by atoms with Gasteiger partial charge in [0.2, 0.25) is 0 Å². The number of rotatable bonds is 2. The van der Waals surface area contributed by atoms with E-state index in [1.165, 1.54) is 19.1 Å². The molecule has 19 heavy (non-hydrogen) atoms. The van der Waals surface area contributed by atoms with Crippen molar-refractivity contribution in [2.24, 2.45) is 0 Å². The van der Waals surface area contributed by atoms with Crippen LogP contribution in [0, 0.1) is 0 Å². The number of anilines is 1. The molecule has 2 rings (SSSR count). The molecule has 1 aliphatic heterocycles. The van der Waals surface area contributed by atoms with Crippen LogP contribution in [0.15, 0.2) is 16.6 Å². The van der Waals surface area contributed by atoms with Crippen molar-refractivity contribution in [1.29, 1.82) is 0 Å². The fourth-order valence-corrected chi connectivity index (χ4v) is 2.81. The summed E-state index contributed by atoms with van der Waals surface area (Å²) in [5, 5.41) is 0. The highest BCUT2D eigenvalue weighted by atomic mass is 79.9. The Morgan fingerprint density at radius 3 is 2.53 bits per heavy atom. The molecule has 6 heteroatoms. The van der Waals surface area contributed by atoms with Crippen LogP contribution in [-0.2, 0) is 19.9 Å². The summed E-state index contributed by atoms with van der Waals surface area (Å²) in [6.07, 6.45) is 0. The van der Waals surface area contributed by atoms with Crippen LogP contribution in [0.5, 0.6) is 0 Å².